The van der Waals surface area contributed by atoms with E-state index in [-0.39, 0.29) is 5.91 Å². The molecule has 0 saturated heterocycles. The minimum absolute atomic E-state index is 0.283. The summed E-state index contributed by atoms with van der Waals surface area (Å²) in [6.07, 6.45) is 3.62. The van der Waals surface area contributed by atoms with Gasteiger partial charge in [-0.15, -0.1) is 0 Å². The van der Waals surface area contributed by atoms with Crippen molar-refractivity contribution in [1.82, 2.24) is 0 Å². The Labute approximate surface area is 67.6 Å². The number of nitrogens with two attached hydrogens (primary N) is 1. The fraction of sp³-hybridized carbons (Fsp3) is 0.750. The van der Waals surface area contributed by atoms with Gasteiger partial charge in [0.1, 0.15) is 0 Å². The Morgan fingerprint density at radius 3 is 2.55 bits per heavy atom. The van der Waals surface area contributed by atoms with Crippen molar-refractivity contribution in [2.45, 2.75) is 38.7 Å². The molecule has 0 aliphatic rings. The highest BCUT2D eigenvalue weighted by atomic mass is 16.3. The molecule has 1 radical (unpaired) electrons. The SMILES string of the molecule is CC(C)(O)[CH]CCCC(N)=O. The number of primary amides is 1. The zero-order chi connectivity index (χ0) is 8.91. The smallest absolute Gasteiger partial charge is 0.217 e. The number of amides is 1. The zero-order valence-corrected chi connectivity index (χ0v) is 7.13. The van der Waals surface area contributed by atoms with Crippen molar-refractivity contribution in [1.29, 1.82) is 0 Å². The molecule has 3 nitrogen and oxygen atoms in total. The lowest BCUT2D eigenvalue weighted by Gasteiger charge is -2.15. The third-order valence-electron chi connectivity index (χ3n) is 1.27. The van der Waals surface area contributed by atoms with Crippen LogP contribution in [0.3, 0.4) is 0 Å². The molecule has 0 bridgehead atoms. The van der Waals surface area contributed by atoms with E-state index in [9.17, 15) is 9.90 Å². The van der Waals surface area contributed by atoms with E-state index >= 15 is 0 Å². The molecule has 0 unspecified atom stereocenters. The molecule has 0 spiro atoms. The predicted octanol–water partition coefficient (Wildman–Crippen LogP) is 0.617. The minimum Gasteiger partial charge on any atom is -0.390 e. The molecule has 0 atom stereocenters. The highest BCUT2D eigenvalue weighted by Gasteiger charge is 2.11. The second kappa shape index (κ2) is 4.34. The monoisotopic (exact) mass is 158 g/mol. The molecule has 3 heteroatoms. The molecule has 0 aromatic heterocycles. The topological polar surface area (TPSA) is 63.3 Å². The summed E-state index contributed by atoms with van der Waals surface area (Å²) in [6.45, 7) is 3.41. The molecule has 65 valence electrons. The first-order valence-corrected chi connectivity index (χ1v) is 3.77. The first-order chi connectivity index (χ1) is 4.92. The first-order valence-electron chi connectivity index (χ1n) is 3.77. The van der Waals surface area contributed by atoms with Crippen LogP contribution in [0, 0.1) is 6.42 Å². The molecular formula is C8H16NO2. The third-order valence-corrected chi connectivity index (χ3v) is 1.27. The largest absolute Gasteiger partial charge is 0.390 e. The molecule has 0 saturated carbocycles. The number of aliphatic hydroxyl groups is 1. The van der Waals surface area contributed by atoms with E-state index in [1.807, 2.05) is 0 Å². The van der Waals surface area contributed by atoms with Crippen LogP contribution in [0.15, 0.2) is 0 Å². The second-order valence-electron chi connectivity index (χ2n) is 3.22. The van der Waals surface area contributed by atoms with Crippen LogP contribution in [0.2, 0.25) is 0 Å². The van der Waals surface area contributed by atoms with Gasteiger partial charge in [0, 0.05) is 6.42 Å². The Hall–Kier alpha value is -0.570. The molecule has 1 amide bonds. The van der Waals surface area contributed by atoms with E-state index in [0.717, 1.165) is 12.8 Å². The van der Waals surface area contributed by atoms with E-state index < -0.39 is 5.60 Å². The zero-order valence-electron chi connectivity index (χ0n) is 7.13. The van der Waals surface area contributed by atoms with E-state index in [2.05, 4.69) is 0 Å². The molecule has 0 rings (SSSR count). The summed E-state index contributed by atoms with van der Waals surface area (Å²) in [5.41, 5.74) is 4.19. The van der Waals surface area contributed by atoms with Gasteiger partial charge in [-0.1, -0.05) is 0 Å². The summed E-state index contributed by atoms with van der Waals surface area (Å²) in [7, 11) is 0. The van der Waals surface area contributed by atoms with Crippen LogP contribution in [-0.2, 0) is 4.79 Å². The summed E-state index contributed by atoms with van der Waals surface area (Å²) < 4.78 is 0. The summed E-state index contributed by atoms with van der Waals surface area (Å²) in [5, 5.41) is 9.21. The highest BCUT2D eigenvalue weighted by molar-refractivity contribution is 5.73. The number of rotatable bonds is 5. The van der Waals surface area contributed by atoms with E-state index in [1.165, 1.54) is 0 Å². The Bertz CT molecular complexity index is 127. The van der Waals surface area contributed by atoms with Gasteiger partial charge in [0.05, 0.1) is 5.60 Å². The van der Waals surface area contributed by atoms with Crippen LogP contribution in [0.25, 0.3) is 0 Å². The molecule has 0 fully saturated rings. The minimum atomic E-state index is -0.738. The Morgan fingerprint density at radius 2 is 2.18 bits per heavy atom. The molecule has 11 heavy (non-hydrogen) atoms. The lowest BCUT2D eigenvalue weighted by Crippen LogP contribution is -2.19. The summed E-state index contributed by atoms with van der Waals surface area (Å²) in [5.74, 6) is -0.283. The lowest BCUT2D eigenvalue weighted by molar-refractivity contribution is -0.118. The quantitative estimate of drug-likeness (QED) is 0.576. The normalized spacial score (nSPS) is 11.5. The summed E-state index contributed by atoms with van der Waals surface area (Å²) in [6, 6.07) is 0. The fourth-order valence-electron chi connectivity index (χ4n) is 0.732. The highest BCUT2D eigenvalue weighted by Crippen LogP contribution is 2.11. The third kappa shape index (κ3) is 9.43. The van der Waals surface area contributed by atoms with Crippen LogP contribution < -0.4 is 5.73 Å². The van der Waals surface area contributed by atoms with E-state index in [4.69, 9.17) is 5.73 Å². The summed E-state index contributed by atoms with van der Waals surface area (Å²) >= 11 is 0. The maximum Gasteiger partial charge on any atom is 0.217 e. The van der Waals surface area contributed by atoms with Gasteiger partial charge in [-0.25, -0.2) is 0 Å². The molecule has 0 aromatic rings. The Morgan fingerprint density at radius 1 is 1.64 bits per heavy atom. The van der Waals surface area contributed by atoms with Crippen molar-refractivity contribution in [3.8, 4) is 0 Å². The molecule has 0 aliphatic carbocycles. The standard InChI is InChI=1S/C8H16NO2/c1-8(2,11)6-4-3-5-7(9)10/h6,11H,3-5H2,1-2H3,(H2,9,10). The maximum atomic E-state index is 10.3. The number of hydrogen-bond donors (Lipinski definition) is 2. The molecule has 0 aromatic carbocycles. The number of hydrogen-bond acceptors (Lipinski definition) is 2. The van der Waals surface area contributed by atoms with Gasteiger partial charge in [0.15, 0.2) is 0 Å². The average molecular weight is 158 g/mol. The molecular weight excluding hydrogens is 142 g/mol. The van der Waals surface area contributed by atoms with Crippen molar-refractivity contribution >= 4 is 5.91 Å². The average Bonchev–Trinajstić information content (AvgIpc) is 1.78. The van der Waals surface area contributed by atoms with Crippen LogP contribution in [0.5, 0.6) is 0 Å². The van der Waals surface area contributed by atoms with E-state index in [1.54, 1.807) is 20.3 Å². The number of carbonyl (C=O) groups is 1. The van der Waals surface area contributed by atoms with Gasteiger partial charge >= 0.3 is 0 Å². The Kier molecular flexibility index (Phi) is 4.11. The van der Waals surface area contributed by atoms with Crippen LogP contribution in [-0.4, -0.2) is 16.6 Å². The van der Waals surface area contributed by atoms with Crippen molar-refractivity contribution in [3.05, 3.63) is 6.42 Å². The van der Waals surface area contributed by atoms with Gasteiger partial charge in [-0.2, -0.15) is 0 Å². The van der Waals surface area contributed by atoms with Crippen molar-refractivity contribution in [2.24, 2.45) is 5.73 Å². The molecule has 0 heterocycles. The lowest BCUT2D eigenvalue weighted by atomic mass is 10.0. The molecule has 0 aliphatic heterocycles. The first kappa shape index (κ1) is 10.4. The van der Waals surface area contributed by atoms with E-state index in [0.29, 0.717) is 6.42 Å². The van der Waals surface area contributed by atoms with Gasteiger partial charge in [0.2, 0.25) is 5.91 Å². The molecule has 3 N–H and O–H groups in total. The fourth-order valence-corrected chi connectivity index (χ4v) is 0.732. The Balaban J connectivity index is 3.22. The predicted molar refractivity (Wildman–Crippen MR) is 43.6 cm³/mol. The van der Waals surface area contributed by atoms with Gasteiger partial charge in [0.25, 0.3) is 0 Å². The van der Waals surface area contributed by atoms with Crippen molar-refractivity contribution in [2.75, 3.05) is 0 Å². The van der Waals surface area contributed by atoms with Crippen molar-refractivity contribution in [3.63, 3.8) is 0 Å². The van der Waals surface area contributed by atoms with Crippen LogP contribution in [0.1, 0.15) is 33.1 Å². The van der Waals surface area contributed by atoms with Gasteiger partial charge in [-0.05, 0) is 33.1 Å². The number of unbranched alkanes of at least 4 members (excludes halogenated alkanes) is 1. The number of carbonyl (C=O) groups excluding carboxylic acids is 1. The maximum absolute atomic E-state index is 10.3. The summed E-state index contributed by atoms with van der Waals surface area (Å²) in [4.78, 5) is 10.3. The van der Waals surface area contributed by atoms with Crippen LogP contribution >= 0.6 is 0 Å². The van der Waals surface area contributed by atoms with Gasteiger partial charge in [-0.3, -0.25) is 4.79 Å². The van der Waals surface area contributed by atoms with Crippen molar-refractivity contribution < 1.29 is 9.90 Å². The van der Waals surface area contributed by atoms with Crippen LogP contribution in [0.4, 0.5) is 0 Å². The second-order valence-corrected chi connectivity index (χ2v) is 3.22. The van der Waals surface area contributed by atoms with Gasteiger partial charge < -0.3 is 10.8 Å².